The number of hydrogen-bond donors (Lipinski definition) is 2. The first-order valence-electron chi connectivity index (χ1n) is 11.4. The summed E-state index contributed by atoms with van der Waals surface area (Å²) in [5.41, 5.74) is 2.87. The van der Waals surface area contributed by atoms with Gasteiger partial charge in [-0.1, -0.05) is 6.07 Å². The summed E-state index contributed by atoms with van der Waals surface area (Å²) in [6.45, 7) is 2.61. The van der Waals surface area contributed by atoms with Crippen molar-refractivity contribution in [2.45, 2.75) is 32.1 Å². The summed E-state index contributed by atoms with van der Waals surface area (Å²) < 4.78 is 67.7. The van der Waals surface area contributed by atoms with Crippen LogP contribution in [-0.4, -0.2) is 28.4 Å². The molecular weight excluding hydrogens is 525 g/mol. The predicted molar refractivity (Wildman–Crippen MR) is 131 cm³/mol. The second-order valence-corrected chi connectivity index (χ2v) is 9.15. The monoisotopic (exact) mass is 546 g/mol. The average Bonchev–Trinajstić information content (AvgIpc) is 3.00. The Morgan fingerprint density at radius 2 is 1.67 bits per heavy atom. The van der Waals surface area contributed by atoms with Crippen LogP contribution in [-0.2, 0) is 17.5 Å². The first kappa shape index (κ1) is 27.4. The molecule has 1 aliphatic rings. The van der Waals surface area contributed by atoms with Crippen LogP contribution < -0.4 is 21.3 Å². The van der Waals surface area contributed by atoms with Crippen LogP contribution >= 0.6 is 0 Å². The molecule has 3 N–H and O–H groups in total. The van der Waals surface area contributed by atoms with E-state index in [1.54, 1.807) is 12.1 Å². The molecule has 1 saturated heterocycles. The van der Waals surface area contributed by atoms with E-state index in [4.69, 9.17) is 5.73 Å². The topological polar surface area (TPSA) is 110 Å². The summed E-state index contributed by atoms with van der Waals surface area (Å²) in [5, 5.41) is 6.58. The standard InChI is InChI=1S/C26H21F5N5O3/c1-25(2)22(37)36(18-9-10-20(28)19(12-18)26(29,30)31)24(39)35(25)13-14-3-4-15(27)11-21(14)33-16-5-7-17(8-6-16)34-23(32)38/h3-12,33H,13H2,1-2H3,(H2,32,38). The number of nitrogens with two attached hydrogens (primary N) is 1. The minimum atomic E-state index is -5.04. The summed E-state index contributed by atoms with van der Waals surface area (Å²) in [5.74, 6) is -2.96. The fourth-order valence-corrected chi connectivity index (χ4v) is 4.07. The van der Waals surface area contributed by atoms with Crippen molar-refractivity contribution in [3.05, 3.63) is 83.4 Å². The molecule has 0 aromatic heterocycles. The Balaban J connectivity index is 1.64. The summed E-state index contributed by atoms with van der Waals surface area (Å²) in [6.07, 6.45) is -5.04. The molecular formula is C26H21F5N5O3. The van der Waals surface area contributed by atoms with Crippen molar-refractivity contribution in [2.75, 3.05) is 10.2 Å². The lowest BCUT2D eigenvalue weighted by Gasteiger charge is -2.28. The van der Waals surface area contributed by atoms with E-state index < -0.39 is 52.6 Å². The molecule has 3 aromatic carbocycles. The zero-order valence-electron chi connectivity index (χ0n) is 20.5. The van der Waals surface area contributed by atoms with Crippen molar-refractivity contribution < 1.29 is 36.3 Å². The maximum atomic E-state index is 14.1. The normalized spacial score (nSPS) is 15.1. The predicted octanol–water partition coefficient (Wildman–Crippen LogP) is 5.79. The smallest absolute Gasteiger partial charge is 0.355 e. The number of nitrogens with zero attached hydrogens (tertiary/aromatic N) is 3. The van der Waals surface area contributed by atoms with Gasteiger partial charge in [0.05, 0.1) is 23.5 Å². The van der Waals surface area contributed by atoms with Crippen LogP contribution in [0.2, 0.25) is 0 Å². The molecule has 1 heterocycles. The number of nitrogens with one attached hydrogen (secondary N) is 1. The lowest BCUT2D eigenvalue weighted by atomic mass is 10.0. The Bertz CT molecular complexity index is 1460. The Kier molecular flexibility index (Phi) is 6.94. The van der Waals surface area contributed by atoms with E-state index >= 15 is 0 Å². The average molecular weight is 546 g/mol. The highest BCUT2D eigenvalue weighted by Gasteiger charge is 2.52. The molecule has 0 unspecified atom stereocenters. The van der Waals surface area contributed by atoms with Crippen LogP contribution in [0.4, 0.5) is 54.3 Å². The summed E-state index contributed by atoms with van der Waals surface area (Å²) >= 11 is 0. The SMILES string of the molecule is CC1(C)C(=O)N(c2ccc(F)c(C(F)(F)F)c2)C(=O)N1Cc1ccc(F)cc1Nc1ccc([N]C(N)=O)cc1. The molecule has 39 heavy (non-hydrogen) atoms. The Morgan fingerprint density at radius 1 is 1.00 bits per heavy atom. The fraction of sp³-hybridized carbons (Fsp3) is 0.192. The lowest BCUT2D eigenvalue weighted by molar-refractivity contribution is -0.140. The largest absolute Gasteiger partial charge is 0.419 e. The van der Waals surface area contributed by atoms with E-state index in [9.17, 15) is 36.3 Å². The van der Waals surface area contributed by atoms with Gasteiger partial charge in [0.2, 0.25) is 0 Å². The van der Waals surface area contributed by atoms with Gasteiger partial charge in [-0.15, -0.1) is 0 Å². The number of benzene rings is 3. The van der Waals surface area contributed by atoms with E-state index in [1.165, 1.54) is 38.1 Å². The van der Waals surface area contributed by atoms with Crippen LogP contribution in [0, 0.1) is 11.6 Å². The molecule has 0 aliphatic carbocycles. The quantitative estimate of drug-likeness (QED) is 0.301. The van der Waals surface area contributed by atoms with Gasteiger partial charge in [-0.2, -0.15) is 18.5 Å². The Morgan fingerprint density at radius 3 is 2.28 bits per heavy atom. The minimum absolute atomic E-state index is 0.223. The molecule has 0 spiro atoms. The highest BCUT2D eigenvalue weighted by Crippen LogP contribution is 2.38. The van der Waals surface area contributed by atoms with Crippen LogP contribution in [0.3, 0.4) is 0 Å². The molecule has 3 aromatic rings. The summed E-state index contributed by atoms with van der Waals surface area (Å²) in [4.78, 5) is 39.2. The summed E-state index contributed by atoms with van der Waals surface area (Å²) in [7, 11) is 0. The van der Waals surface area contributed by atoms with Crippen LogP contribution in [0.25, 0.3) is 0 Å². The molecule has 1 radical (unpaired) electrons. The molecule has 0 bridgehead atoms. The van der Waals surface area contributed by atoms with E-state index in [-0.39, 0.29) is 12.2 Å². The van der Waals surface area contributed by atoms with E-state index in [1.807, 2.05) is 0 Å². The van der Waals surface area contributed by atoms with Gasteiger partial charge in [-0.3, -0.25) is 4.79 Å². The highest BCUT2D eigenvalue weighted by molar-refractivity contribution is 6.23. The second kappa shape index (κ2) is 9.89. The van der Waals surface area contributed by atoms with Crippen LogP contribution in [0.15, 0.2) is 60.7 Å². The number of amides is 5. The van der Waals surface area contributed by atoms with Crippen molar-refractivity contribution in [2.24, 2.45) is 5.73 Å². The molecule has 5 amide bonds. The second-order valence-electron chi connectivity index (χ2n) is 9.15. The number of carbonyl (C=O) groups is 3. The molecule has 203 valence electrons. The Labute approximate surface area is 219 Å². The van der Waals surface area contributed by atoms with Gasteiger partial charge < -0.3 is 16.0 Å². The van der Waals surface area contributed by atoms with Gasteiger partial charge in [0.1, 0.15) is 17.2 Å². The van der Waals surface area contributed by atoms with Gasteiger partial charge in [-0.05, 0) is 74.0 Å². The first-order valence-corrected chi connectivity index (χ1v) is 11.4. The van der Waals surface area contributed by atoms with E-state index in [0.29, 0.717) is 34.0 Å². The van der Waals surface area contributed by atoms with Gasteiger partial charge in [-0.25, -0.2) is 23.3 Å². The van der Waals surface area contributed by atoms with Gasteiger partial charge in [0, 0.05) is 11.4 Å². The van der Waals surface area contributed by atoms with E-state index in [2.05, 4.69) is 10.6 Å². The molecule has 0 atom stereocenters. The molecule has 1 aliphatic heterocycles. The number of halogens is 5. The number of urea groups is 2. The third-order valence-corrected chi connectivity index (χ3v) is 6.12. The number of anilines is 3. The maximum Gasteiger partial charge on any atom is 0.419 e. The number of hydrogen-bond acceptors (Lipinski definition) is 4. The number of alkyl halides is 3. The zero-order valence-corrected chi connectivity index (χ0v) is 20.5. The minimum Gasteiger partial charge on any atom is -0.355 e. The molecule has 0 saturated carbocycles. The van der Waals surface area contributed by atoms with Crippen molar-refractivity contribution >= 4 is 40.7 Å². The molecule has 13 heteroatoms. The van der Waals surface area contributed by atoms with E-state index in [0.717, 1.165) is 17.0 Å². The highest BCUT2D eigenvalue weighted by atomic mass is 19.4. The molecule has 4 rings (SSSR count). The van der Waals surface area contributed by atoms with Crippen molar-refractivity contribution in [3.63, 3.8) is 0 Å². The van der Waals surface area contributed by atoms with Gasteiger partial charge in [0.15, 0.2) is 0 Å². The lowest BCUT2D eigenvalue weighted by Crippen LogP contribution is -2.43. The number of primary amides is 1. The van der Waals surface area contributed by atoms with Gasteiger partial charge >= 0.3 is 18.2 Å². The third-order valence-electron chi connectivity index (χ3n) is 6.12. The zero-order chi connectivity index (χ0) is 28.7. The number of imide groups is 1. The molecule has 1 fully saturated rings. The maximum absolute atomic E-state index is 14.1. The van der Waals surface area contributed by atoms with Crippen molar-refractivity contribution in [1.29, 1.82) is 0 Å². The number of carbonyl (C=O) groups excluding carboxylic acids is 3. The number of rotatable bonds is 6. The first-order chi connectivity index (χ1) is 18.2. The van der Waals surface area contributed by atoms with Crippen molar-refractivity contribution in [3.8, 4) is 0 Å². The Hall–Kier alpha value is -4.68. The van der Waals surface area contributed by atoms with Crippen molar-refractivity contribution in [1.82, 2.24) is 10.2 Å². The van der Waals surface area contributed by atoms with Gasteiger partial charge in [0.25, 0.3) is 5.91 Å². The summed E-state index contributed by atoms with van der Waals surface area (Å²) in [6, 6.07) is 9.86. The van der Waals surface area contributed by atoms with Crippen LogP contribution in [0.5, 0.6) is 0 Å². The third kappa shape index (κ3) is 5.47. The molecule has 8 nitrogen and oxygen atoms in total. The fourth-order valence-electron chi connectivity index (χ4n) is 4.07. The van der Waals surface area contributed by atoms with Crippen LogP contribution in [0.1, 0.15) is 25.0 Å².